The van der Waals surface area contributed by atoms with Crippen molar-refractivity contribution in [3.63, 3.8) is 0 Å². The van der Waals surface area contributed by atoms with Gasteiger partial charge in [0.2, 0.25) is 0 Å². The zero-order valence-electron chi connectivity index (χ0n) is 16.1. The van der Waals surface area contributed by atoms with Gasteiger partial charge in [0, 0.05) is 13.1 Å². The average Bonchev–Trinajstić information content (AvgIpc) is 2.53. The summed E-state index contributed by atoms with van der Waals surface area (Å²) in [6, 6.07) is 0. The van der Waals surface area contributed by atoms with Crippen LogP contribution in [0.1, 0.15) is 110 Å². The predicted octanol–water partition coefficient (Wildman–Crippen LogP) is 1.61. The van der Waals surface area contributed by atoms with Crippen LogP contribution >= 0.6 is 0 Å². The molecule has 3 nitrogen and oxygen atoms in total. The summed E-state index contributed by atoms with van der Waals surface area (Å²) < 4.78 is 0. The first kappa shape index (κ1) is 28.2. The summed E-state index contributed by atoms with van der Waals surface area (Å²) in [6.07, 6.45) is 19.9. The Balaban J connectivity index is -0.00000128. The molecule has 0 aliphatic heterocycles. The van der Waals surface area contributed by atoms with Crippen LogP contribution < -0.4 is 34.7 Å². The van der Waals surface area contributed by atoms with Crippen LogP contribution in [0.4, 0.5) is 0 Å². The monoisotopic (exact) mass is 338 g/mol. The van der Waals surface area contributed by atoms with E-state index in [2.05, 4.69) is 6.92 Å². The largest absolute Gasteiger partial charge is 1.00 e. The molecule has 134 valence electrons. The fraction of sp³-hybridized carbons (Fsp3) is 0.947. The van der Waals surface area contributed by atoms with Crippen molar-refractivity contribution in [1.29, 1.82) is 0 Å². The Kier molecular flexibility index (Phi) is 33.5. The number of hydrogen-bond acceptors (Lipinski definition) is 3. The predicted molar refractivity (Wildman–Crippen MR) is 92.7 cm³/mol. The number of carboxylic acid groups (broad SMARTS) is 1. The number of aliphatic hydroxyl groups is 1. The van der Waals surface area contributed by atoms with Gasteiger partial charge < -0.3 is 15.0 Å². The summed E-state index contributed by atoms with van der Waals surface area (Å²) in [5.74, 6) is -0.903. The topological polar surface area (TPSA) is 60.4 Å². The number of unbranched alkanes of at least 4 members (excludes halogenated alkanes) is 14. The van der Waals surface area contributed by atoms with E-state index in [1.165, 1.54) is 83.5 Å². The molecule has 0 fully saturated rings. The number of carbonyl (C=O) groups excluding carboxylic acids is 1. The summed E-state index contributed by atoms with van der Waals surface area (Å²) in [5.41, 5.74) is 0. The van der Waals surface area contributed by atoms with Crippen molar-refractivity contribution in [3.05, 3.63) is 0 Å². The first-order chi connectivity index (χ1) is 10.8. The van der Waals surface area contributed by atoms with Gasteiger partial charge in [-0.25, -0.2) is 0 Å². The molecule has 0 aromatic rings. The third-order valence-electron chi connectivity index (χ3n) is 3.98. The van der Waals surface area contributed by atoms with E-state index in [1.807, 2.05) is 0 Å². The molecule has 0 spiro atoms. The first-order valence-electron chi connectivity index (χ1n) is 9.42. The van der Waals surface area contributed by atoms with E-state index in [1.54, 1.807) is 0 Å². The molecule has 0 atom stereocenters. The van der Waals surface area contributed by atoms with E-state index < -0.39 is 5.97 Å². The zero-order chi connectivity index (χ0) is 16.9. The van der Waals surface area contributed by atoms with Gasteiger partial charge >= 0.3 is 29.6 Å². The summed E-state index contributed by atoms with van der Waals surface area (Å²) in [6.45, 7) is 2.27. The minimum Gasteiger partial charge on any atom is -0.550 e. The molecular weight excluding hydrogens is 299 g/mol. The molecule has 0 amide bonds. The molecule has 0 bridgehead atoms. The van der Waals surface area contributed by atoms with Crippen LogP contribution in [0.5, 0.6) is 0 Å². The quantitative estimate of drug-likeness (QED) is 0.344. The normalized spacial score (nSPS) is 9.70. The number of carboxylic acids is 1. The van der Waals surface area contributed by atoms with Gasteiger partial charge in [0.05, 0.1) is 0 Å². The number of aliphatic hydroxyl groups excluding tert-OH is 1. The number of rotatable bonds is 16. The maximum absolute atomic E-state index is 10.2. The molecule has 0 heterocycles. The minimum atomic E-state index is -0.903. The molecule has 0 aromatic heterocycles. The van der Waals surface area contributed by atoms with Crippen molar-refractivity contribution >= 4 is 5.97 Å². The molecule has 0 unspecified atom stereocenters. The molecule has 0 aliphatic rings. The third kappa shape index (κ3) is 30.8. The summed E-state index contributed by atoms with van der Waals surface area (Å²) in [5, 5.41) is 17.2. The molecular formula is C19H39NaO3. The standard InChI is InChI=1S/C18H36O2.CH4O.Na/c1-2-3-4-5-6-7-8-9-10-11-12-13-14-15-16-17-18(19)20;1-2;/h2-17H2,1H3,(H,19,20);2H,1H3;/q;;+1/p-1. The maximum Gasteiger partial charge on any atom is 1.00 e. The van der Waals surface area contributed by atoms with Gasteiger partial charge in [0.25, 0.3) is 0 Å². The van der Waals surface area contributed by atoms with Crippen molar-refractivity contribution in [2.45, 2.75) is 110 Å². The van der Waals surface area contributed by atoms with E-state index in [-0.39, 0.29) is 36.0 Å². The molecule has 0 aromatic carbocycles. The minimum absolute atomic E-state index is 0. The summed E-state index contributed by atoms with van der Waals surface area (Å²) in [4.78, 5) is 10.2. The smallest absolute Gasteiger partial charge is 0.550 e. The van der Waals surface area contributed by atoms with Gasteiger partial charge in [-0.1, -0.05) is 96.8 Å². The molecule has 23 heavy (non-hydrogen) atoms. The van der Waals surface area contributed by atoms with Crippen LogP contribution in [-0.2, 0) is 4.79 Å². The van der Waals surface area contributed by atoms with E-state index in [4.69, 9.17) is 5.11 Å². The average molecular weight is 339 g/mol. The Morgan fingerprint density at radius 1 is 0.652 bits per heavy atom. The summed E-state index contributed by atoms with van der Waals surface area (Å²) >= 11 is 0. The van der Waals surface area contributed by atoms with Crippen LogP contribution in [0.2, 0.25) is 0 Å². The van der Waals surface area contributed by atoms with Gasteiger partial charge in [0.1, 0.15) is 0 Å². The van der Waals surface area contributed by atoms with Crippen molar-refractivity contribution in [2.24, 2.45) is 0 Å². The Labute approximate surface area is 166 Å². The molecule has 0 aliphatic carbocycles. The van der Waals surface area contributed by atoms with Crippen molar-refractivity contribution in [3.8, 4) is 0 Å². The molecule has 0 rings (SSSR count). The van der Waals surface area contributed by atoms with Crippen LogP contribution in [0.25, 0.3) is 0 Å². The van der Waals surface area contributed by atoms with E-state index >= 15 is 0 Å². The summed E-state index contributed by atoms with van der Waals surface area (Å²) in [7, 11) is 1.00. The van der Waals surface area contributed by atoms with Crippen LogP contribution in [0, 0.1) is 0 Å². The van der Waals surface area contributed by atoms with E-state index in [9.17, 15) is 9.90 Å². The Hall–Kier alpha value is 0.430. The Morgan fingerprint density at radius 3 is 1.17 bits per heavy atom. The Bertz CT molecular complexity index is 211. The second-order valence-electron chi connectivity index (χ2n) is 6.07. The first-order valence-corrected chi connectivity index (χ1v) is 9.42. The van der Waals surface area contributed by atoms with Crippen molar-refractivity contribution < 1.29 is 44.6 Å². The van der Waals surface area contributed by atoms with E-state index in [0.717, 1.165) is 20.0 Å². The molecule has 4 heteroatoms. The van der Waals surface area contributed by atoms with E-state index in [0.29, 0.717) is 0 Å². The van der Waals surface area contributed by atoms with Gasteiger partial charge in [-0.3, -0.25) is 0 Å². The molecule has 0 saturated carbocycles. The number of aliphatic carboxylic acids is 1. The van der Waals surface area contributed by atoms with Crippen molar-refractivity contribution in [1.82, 2.24) is 0 Å². The fourth-order valence-electron chi connectivity index (χ4n) is 2.64. The fourth-order valence-corrected chi connectivity index (χ4v) is 2.64. The van der Waals surface area contributed by atoms with Gasteiger partial charge in [-0.15, -0.1) is 0 Å². The molecule has 0 saturated heterocycles. The maximum atomic E-state index is 10.2. The third-order valence-corrected chi connectivity index (χ3v) is 3.98. The number of carbonyl (C=O) groups is 1. The zero-order valence-corrected chi connectivity index (χ0v) is 18.1. The van der Waals surface area contributed by atoms with Crippen LogP contribution in [0.15, 0.2) is 0 Å². The van der Waals surface area contributed by atoms with Crippen molar-refractivity contribution in [2.75, 3.05) is 7.11 Å². The molecule has 1 N–H and O–H groups in total. The second kappa shape index (κ2) is 27.3. The van der Waals surface area contributed by atoms with Gasteiger partial charge in [-0.2, -0.15) is 0 Å². The number of hydrogen-bond donors (Lipinski definition) is 1. The molecule has 0 radical (unpaired) electrons. The Morgan fingerprint density at radius 2 is 0.913 bits per heavy atom. The van der Waals surface area contributed by atoms with Gasteiger partial charge in [-0.05, 0) is 12.8 Å². The van der Waals surface area contributed by atoms with Crippen LogP contribution in [0.3, 0.4) is 0 Å². The SMILES string of the molecule is CCCCCCCCCCCCCCCCCC(=O)[O-].CO.[Na+]. The van der Waals surface area contributed by atoms with Crippen LogP contribution in [-0.4, -0.2) is 18.2 Å². The van der Waals surface area contributed by atoms with Gasteiger partial charge in [0.15, 0.2) is 0 Å². The second-order valence-corrected chi connectivity index (χ2v) is 6.07.